The number of hydrogen-bond donors (Lipinski definition) is 1. The number of hydrogen-bond acceptors (Lipinski definition) is 3. The maximum Gasteiger partial charge on any atom is 0.0812 e. The molecular weight excluding hydrogens is 170 g/mol. The van der Waals surface area contributed by atoms with Crippen LogP contribution in [-0.2, 0) is 0 Å². The van der Waals surface area contributed by atoms with Crippen LogP contribution in [0.1, 0.15) is 6.92 Å². The molecule has 1 N–H and O–H groups in total. The number of para-hydroxylation sites is 1. The van der Waals surface area contributed by atoms with Crippen molar-refractivity contribution in [1.29, 1.82) is 0 Å². The Morgan fingerprint density at radius 1 is 1.42 bits per heavy atom. The smallest absolute Gasteiger partial charge is 0.0812 e. The van der Waals surface area contributed by atoms with Gasteiger partial charge in [0.1, 0.15) is 0 Å². The highest BCUT2D eigenvalue weighted by Gasteiger charge is 1.89. The van der Waals surface area contributed by atoms with E-state index in [2.05, 4.69) is 11.1 Å². The molecule has 1 heterocycles. The lowest BCUT2D eigenvalue weighted by Gasteiger charge is -1.80. The first-order chi connectivity index (χ1) is 5.88. The van der Waals surface area contributed by atoms with Crippen molar-refractivity contribution in [3.8, 4) is 0 Å². The van der Waals surface area contributed by atoms with Crippen LogP contribution in [0.5, 0.6) is 0 Å². The molecule has 2 nitrogen and oxygen atoms in total. The molecule has 0 aliphatic carbocycles. The number of rotatable bonds is 0. The molecule has 0 bridgehead atoms. The fraction of sp³-hybridized carbons (Fsp3) is 0.222. The lowest BCUT2D eigenvalue weighted by atomic mass is 10.3. The predicted molar refractivity (Wildman–Crippen MR) is 52.4 cm³/mol. The van der Waals surface area contributed by atoms with Crippen LogP contribution in [0.15, 0.2) is 29.8 Å². The fourth-order valence-corrected chi connectivity index (χ4v) is 1.48. The van der Waals surface area contributed by atoms with Crippen molar-refractivity contribution in [3.63, 3.8) is 0 Å². The predicted octanol–water partition coefficient (Wildman–Crippen LogP) is 2.29. The van der Waals surface area contributed by atoms with Crippen LogP contribution in [0.25, 0.3) is 10.2 Å². The van der Waals surface area contributed by atoms with Crippen molar-refractivity contribution in [2.75, 3.05) is 6.61 Å². The lowest BCUT2D eigenvalue weighted by Crippen LogP contribution is -1.61. The van der Waals surface area contributed by atoms with Crippen molar-refractivity contribution in [1.82, 2.24) is 4.98 Å². The van der Waals surface area contributed by atoms with E-state index in [0.717, 1.165) is 5.52 Å². The second-order valence-corrected chi connectivity index (χ2v) is 3.02. The Hall–Kier alpha value is -0.930. The van der Waals surface area contributed by atoms with E-state index in [-0.39, 0.29) is 6.61 Å². The number of thiazole rings is 1. The highest BCUT2D eigenvalue weighted by atomic mass is 32.1. The van der Waals surface area contributed by atoms with Gasteiger partial charge in [0.2, 0.25) is 0 Å². The van der Waals surface area contributed by atoms with Gasteiger partial charge in [-0.3, -0.25) is 0 Å². The average molecular weight is 181 g/mol. The van der Waals surface area contributed by atoms with E-state index in [1.54, 1.807) is 18.3 Å². The molecule has 0 aliphatic heterocycles. The molecule has 12 heavy (non-hydrogen) atoms. The maximum atomic E-state index is 7.57. The summed E-state index contributed by atoms with van der Waals surface area (Å²) < 4.78 is 1.26. The molecule has 0 aliphatic rings. The van der Waals surface area contributed by atoms with Gasteiger partial charge in [-0.15, -0.1) is 11.3 Å². The van der Waals surface area contributed by atoms with Gasteiger partial charge in [-0.2, -0.15) is 0 Å². The van der Waals surface area contributed by atoms with Crippen LogP contribution in [0.3, 0.4) is 0 Å². The minimum Gasteiger partial charge on any atom is -0.397 e. The monoisotopic (exact) mass is 181 g/mol. The van der Waals surface area contributed by atoms with Gasteiger partial charge in [0.05, 0.1) is 15.7 Å². The highest BCUT2D eigenvalue weighted by molar-refractivity contribution is 7.16. The van der Waals surface area contributed by atoms with E-state index in [4.69, 9.17) is 5.11 Å². The molecule has 2 aromatic rings. The van der Waals surface area contributed by atoms with E-state index < -0.39 is 0 Å². The second-order valence-electron chi connectivity index (χ2n) is 2.14. The van der Waals surface area contributed by atoms with Gasteiger partial charge < -0.3 is 5.11 Å². The highest BCUT2D eigenvalue weighted by Crippen LogP contribution is 2.15. The van der Waals surface area contributed by atoms with E-state index in [1.165, 1.54) is 4.70 Å². The molecule has 0 saturated carbocycles. The van der Waals surface area contributed by atoms with Crippen molar-refractivity contribution < 1.29 is 5.11 Å². The lowest BCUT2D eigenvalue weighted by molar-refractivity contribution is 0.318. The van der Waals surface area contributed by atoms with Crippen molar-refractivity contribution in [2.45, 2.75) is 6.92 Å². The molecule has 1 aromatic heterocycles. The minimum absolute atomic E-state index is 0.250. The van der Waals surface area contributed by atoms with E-state index in [0.29, 0.717) is 0 Å². The minimum atomic E-state index is 0.250. The number of benzene rings is 1. The van der Waals surface area contributed by atoms with Crippen LogP contribution in [0.4, 0.5) is 0 Å². The Morgan fingerprint density at radius 3 is 2.75 bits per heavy atom. The SMILES string of the molecule is CCO.c1ccc2scnc2c1. The van der Waals surface area contributed by atoms with Crippen LogP contribution in [0, 0.1) is 0 Å². The summed E-state index contributed by atoms with van der Waals surface area (Å²) in [6, 6.07) is 8.13. The Balaban J connectivity index is 0.000000213. The van der Waals surface area contributed by atoms with Crippen LogP contribution < -0.4 is 0 Å². The molecule has 0 spiro atoms. The van der Waals surface area contributed by atoms with Gasteiger partial charge in [-0.25, -0.2) is 4.98 Å². The molecular formula is C9H11NOS. The van der Waals surface area contributed by atoms with Gasteiger partial charge in [0.15, 0.2) is 0 Å². The number of aromatic nitrogens is 1. The Kier molecular flexibility index (Phi) is 3.70. The molecule has 0 radical (unpaired) electrons. The first kappa shape index (κ1) is 9.16. The summed E-state index contributed by atoms with van der Waals surface area (Å²) in [5.74, 6) is 0. The van der Waals surface area contributed by atoms with Crippen LogP contribution in [-0.4, -0.2) is 16.7 Å². The fourth-order valence-electron chi connectivity index (χ4n) is 0.803. The first-order valence-electron chi connectivity index (χ1n) is 3.77. The van der Waals surface area contributed by atoms with Gasteiger partial charge in [-0.1, -0.05) is 12.1 Å². The summed E-state index contributed by atoms with van der Waals surface area (Å²) in [4.78, 5) is 4.14. The van der Waals surface area contributed by atoms with E-state index >= 15 is 0 Å². The van der Waals surface area contributed by atoms with Gasteiger partial charge in [0, 0.05) is 6.61 Å². The quantitative estimate of drug-likeness (QED) is 0.676. The van der Waals surface area contributed by atoms with Crippen molar-refractivity contribution in [3.05, 3.63) is 29.8 Å². The summed E-state index contributed by atoms with van der Waals surface area (Å²) in [5, 5.41) is 7.57. The Labute approximate surface area is 75.5 Å². The third-order valence-corrected chi connectivity index (χ3v) is 2.05. The van der Waals surface area contributed by atoms with Crippen molar-refractivity contribution in [2.24, 2.45) is 0 Å². The van der Waals surface area contributed by atoms with Gasteiger partial charge in [-0.05, 0) is 19.1 Å². The first-order valence-corrected chi connectivity index (χ1v) is 4.65. The van der Waals surface area contributed by atoms with Crippen LogP contribution in [0.2, 0.25) is 0 Å². The molecule has 1 aromatic carbocycles. The summed E-state index contributed by atoms with van der Waals surface area (Å²) >= 11 is 1.68. The van der Waals surface area contributed by atoms with Crippen molar-refractivity contribution >= 4 is 21.6 Å². The Bertz CT molecular complexity index is 302. The molecule has 0 amide bonds. The third-order valence-electron chi connectivity index (χ3n) is 1.24. The van der Waals surface area contributed by atoms with E-state index in [9.17, 15) is 0 Å². The van der Waals surface area contributed by atoms with Gasteiger partial charge >= 0.3 is 0 Å². The zero-order chi connectivity index (χ0) is 8.81. The Morgan fingerprint density at radius 2 is 2.08 bits per heavy atom. The molecule has 3 heteroatoms. The van der Waals surface area contributed by atoms with Gasteiger partial charge in [0.25, 0.3) is 0 Å². The van der Waals surface area contributed by atoms with E-state index in [1.807, 2.05) is 23.7 Å². The molecule has 2 rings (SSSR count). The second kappa shape index (κ2) is 4.85. The number of aliphatic hydroxyl groups excluding tert-OH is 1. The summed E-state index contributed by atoms with van der Waals surface area (Å²) in [7, 11) is 0. The summed E-state index contributed by atoms with van der Waals surface area (Å²) in [6.07, 6.45) is 0. The zero-order valence-electron chi connectivity index (χ0n) is 6.90. The number of aliphatic hydroxyl groups is 1. The van der Waals surface area contributed by atoms with Crippen LogP contribution >= 0.6 is 11.3 Å². The molecule has 64 valence electrons. The zero-order valence-corrected chi connectivity index (χ0v) is 7.71. The average Bonchev–Trinajstić information content (AvgIpc) is 2.52. The topological polar surface area (TPSA) is 33.1 Å². The molecule has 0 fully saturated rings. The number of nitrogens with zero attached hydrogens (tertiary/aromatic N) is 1. The summed E-state index contributed by atoms with van der Waals surface area (Å²) in [5.41, 5.74) is 2.97. The maximum absolute atomic E-state index is 7.57. The standard InChI is InChI=1S/C7H5NS.C2H6O/c1-2-4-7-6(3-1)8-5-9-7;1-2-3/h1-5H;3H,2H2,1H3. The largest absolute Gasteiger partial charge is 0.397 e. The molecule has 0 unspecified atom stereocenters. The molecule has 0 atom stereocenters. The normalized spacial score (nSPS) is 9.17. The summed E-state index contributed by atoms with van der Waals surface area (Å²) in [6.45, 7) is 1.93. The molecule has 0 saturated heterocycles. The third kappa shape index (κ3) is 2.29. The number of fused-ring (bicyclic) bond motifs is 1.